The van der Waals surface area contributed by atoms with Gasteiger partial charge in [0.05, 0.1) is 18.2 Å². The van der Waals surface area contributed by atoms with Crippen LogP contribution in [0, 0.1) is 19.8 Å². The number of carboxylic acids is 1. The van der Waals surface area contributed by atoms with Crippen molar-refractivity contribution in [3.05, 3.63) is 70.6 Å². The molecule has 0 saturated carbocycles. The summed E-state index contributed by atoms with van der Waals surface area (Å²) in [6, 6.07) is 14.1. The van der Waals surface area contributed by atoms with E-state index in [1.165, 1.54) is 11.1 Å². The van der Waals surface area contributed by atoms with Crippen molar-refractivity contribution in [1.29, 1.82) is 0 Å². The quantitative estimate of drug-likeness (QED) is 0.655. The Morgan fingerprint density at radius 3 is 2.72 bits per heavy atom. The summed E-state index contributed by atoms with van der Waals surface area (Å²) in [4.78, 5) is 15.8. The molecule has 1 atom stereocenters. The molecule has 0 aliphatic heterocycles. The predicted molar refractivity (Wildman–Crippen MR) is 110 cm³/mol. The Kier molecular flexibility index (Phi) is 5.38. The molecule has 1 aromatic heterocycles. The van der Waals surface area contributed by atoms with Crippen molar-refractivity contribution in [2.75, 3.05) is 6.61 Å². The third-order valence-electron chi connectivity index (χ3n) is 5.55. The molecule has 150 valence electrons. The average molecular weight is 391 g/mol. The Labute approximate surface area is 170 Å². The van der Waals surface area contributed by atoms with Crippen LogP contribution in [0.15, 0.2) is 46.9 Å². The number of aryl methyl sites for hydroxylation is 3. The summed E-state index contributed by atoms with van der Waals surface area (Å²) in [5, 5.41) is 9.21. The second kappa shape index (κ2) is 8.11. The molecule has 1 unspecified atom stereocenters. The Morgan fingerprint density at radius 1 is 1.17 bits per heavy atom. The van der Waals surface area contributed by atoms with Crippen LogP contribution in [0.25, 0.3) is 11.5 Å². The molecular formula is C24H25NO4. The van der Waals surface area contributed by atoms with Gasteiger partial charge in [0.2, 0.25) is 5.89 Å². The summed E-state index contributed by atoms with van der Waals surface area (Å²) < 4.78 is 11.8. The molecule has 1 aliphatic rings. The van der Waals surface area contributed by atoms with Crippen LogP contribution in [-0.2, 0) is 24.1 Å². The fourth-order valence-electron chi connectivity index (χ4n) is 3.78. The molecule has 5 nitrogen and oxygen atoms in total. The van der Waals surface area contributed by atoms with Crippen LogP contribution in [0.4, 0.5) is 0 Å². The highest BCUT2D eigenvalue weighted by molar-refractivity contribution is 5.71. The third-order valence-corrected chi connectivity index (χ3v) is 5.55. The molecule has 0 amide bonds. The first-order chi connectivity index (χ1) is 14.0. The number of aromatic nitrogens is 1. The summed E-state index contributed by atoms with van der Waals surface area (Å²) in [5.74, 6) is 1.29. The van der Waals surface area contributed by atoms with E-state index in [1.807, 2.05) is 49.4 Å². The Morgan fingerprint density at radius 2 is 1.97 bits per heavy atom. The highest BCUT2D eigenvalue weighted by Gasteiger charge is 2.24. The molecule has 0 bridgehead atoms. The second-order valence-corrected chi connectivity index (χ2v) is 7.69. The van der Waals surface area contributed by atoms with Crippen LogP contribution in [0.1, 0.15) is 34.6 Å². The van der Waals surface area contributed by atoms with E-state index in [0.717, 1.165) is 34.8 Å². The second-order valence-electron chi connectivity index (χ2n) is 7.69. The smallest absolute Gasteiger partial charge is 0.306 e. The van der Waals surface area contributed by atoms with Gasteiger partial charge in [-0.3, -0.25) is 4.79 Å². The number of nitrogens with zero attached hydrogens (tertiary/aromatic N) is 1. The molecule has 1 aliphatic carbocycles. The zero-order valence-corrected chi connectivity index (χ0v) is 16.8. The van der Waals surface area contributed by atoms with Gasteiger partial charge in [-0.05, 0) is 68.5 Å². The maximum Gasteiger partial charge on any atom is 0.306 e. The van der Waals surface area contributed by atoms with Crippen molar-refractivity contribution in [2.24, 2.45) is 5.92 Å². The number of oxazole rings is 1. The van der Waals surface area contributed by atoms with Gasteiger partial charge < -0.3 is 14.3 Å². The Balaban J connectivity index is 1.37. The fourth-order valence-corrected chi connectivity index (χ4v) is 3.78. The summed E-state index contributed by atoms with van der Waals surface area (Å²) in [5.41, 5.74) is 5.39. The van der Waals surface area contributed by atoms with Gasteiger partial charge >= 0.3 is 5.97 Å². The van der Waals surface area contributed by atoms with Gasteiger partial charge in [-0.15, -0.1) is 0 Å². The summed E-state index contributed by atoms with van der Waals surface area (Å²) in [6.07, 6.45) is 2.74. The van der Waals surface area contributed by atoms with Crippen LogP contribution in [0.2, 0.25) is 0 Å². The molecule has 1 N–H and O–H groups in total. The molecule has 3 aromatic rings. The van der Waals surface area contributed by atoms with E-state index in [1.54, 1.807) is 0 Å². The minimum absolute atomic E-state index is 0.271. The molecule has 4 rings (SSSR count). The predicted octanol–water partition coefficient (Wildman–Crippen LogP) is 4.77. The van der Waals surface area contributed by atoms with Crippen LogP contribution >= 0.6 is 0 Å². The molecule has 1 heterocycles. The van der Waals surface area contributed by atoms with Crippen LogP contribution in [0.5, 0.6) is 5.75 Å². The topological polar surface area (TPSA) is 72.6 Å². The zero-order chi connectivity index (χ0) is 20.4. The van der Waals surface area contributed by atoms with Crippen molar-refractivity contribution in [1.82, 2.24) is 4.98 Å². The van der Waals surface area contributed by atoms with Crippen molar-refractivity contribution >= 4 is 5.97 Å². The summed E-state index contributed by atoms with van der Waals surface area (Å²) >= 11 is 0. The first kappa shape index (κ1) is 19.2. The van der Waals surface area contributed by atoms with E-state index in [9.17, 15) is 9.90 Å². The summed E-state index contributed by atoms with van der Waals surface area (Å²) in [6.45, 7) is 4.49. The largest absolute Gasteiger partial charge is 0.493 e. The van der Waals surface area contributed by atoms with Gasteiger partial charge in [0.25, 0.3) is 0 Å². The minimum Gasteiger partial charge on any atom is -0.493 e. The standard InChI is InChI=1S/C24H25NO4/c1-15-3-5-17(6-4-15)23-25-22(16(2)29-23)11-12-28-21-10-9-18-13-20(24(26)27)8-7-19(18)14-21/h3-6,9-10,14,20H,7-8,11-13H2,1-2H3,(H,26,27). The van der Waals surface area contributed by atoms with Gasteiger partial charge in [-0.2, -0.15) is 0 Å². The van der Waals surface area contributed by atoms with E-state index in [2.05, 4.69) is 11.9 Å². The third kappa shape index (κ3) is 4.34. The Bertz CT molecular complexity index is 1020. The number of rotatable bonds is 6. The molecule has 29 heavy (non-hydrogen) atoms. The molecule has 0 radical (unpaired) electrons. The number of carboxylic acid groups (broad SMARTS) is 1. The van der Waals surface area contributed by atoms with E-state index in [4.69, 9.17) is 9.15 Å². The van der Waals surface area contributed by atoms with Gasteiger partial charge in [-0.1, -0.05) is 23.8 Å². The van der Waals surface area contributed by atoms with Crippen molar-refractivity contribution in [2.45, 2.75) is 39.5 Å². The fraction of sp³-hybridized carbons (Fsp3) is 0.333. The number of benzene rings is 2. The lowest BCUT2D eigenvalue weighted by Crippen LogP contribution is -2.22. The SMILES string of the molecule is Cc1ccc(-c2nc(CCOc3ccc4c(c3)CCC(C(=O)O)C4)c(C)o2)cc1. The van der Waals surface area contributed by atoms with Crippen LogP contribution < -0.4 is 4.74 Å². The highest BCUT2D eigenvalue weighted by atomic mass is 16.5. The highest BCUT2D eigenvalue weighted by Crippen LogP contribution is 2.29. The van der Waals surface area contributed by atoms with Crippen molar-refractivity contribution in [3.8, 4) is 17.2 Å². The van der Waals surface area contributed by atoms with Gasteiger partial charge in [0.15, 0.2) is 0 Å². The normalized spacial score (nSPS) is 15.7. The molecule has 5 heteroatoms. The van der Waals surface area contributed by atoms with Crippen LogP contribution in [-0.4, -0.2) is 22.7 Å². The molecule has 0 spiro atoms. The first-order valence-corrected chi connectivity index (χ1v) is 10.0. The van der Waals surface area contributed by atoms with Crippen molar-refractivity contribution < 1.29 is 19.1 Å². The number of hydrogen-bond donors (Lipinski definition) is 1. The first-order valence-electron chi connectivity index (χ1n) is 10.0. The lowest BCUT2D eigenvalue weighted by atomic mass is 9.84. The number of fused-ring (bicyclic) bond motifs is 1. The number of aliphatic carboxylic acids is 1. The minimum atomic E-state index is -0.705. The lowest BCUT2D eigenvalue weighted by Gasteiger charge is -2.22. The van der Waals surface area contributed by atoms with Gasteiger partial charge in [0.1, 0.15) is 11.5 Å². The molecule has 2 aromatic carbocycles. The number of carbonyl (C=O) groups is 1. The number of hydrogen-bond acceptors (Lipinski definition) is 4. The maximum atomic E-state index is 11.2. The molecule has 0 fully saturated rings. The monoisotopic (exact) mass is 391 g/mol. The van der Waals surface area contributed by atoms with Gasteiger partial charge in [-0.25, -0.2) is 4.98 Å². The van der Waals surface area contributed by atoms with E-state index in [-0.39, 0.29) is 5.92 Å². The van der Waals surface area contributed by atoms with E-state index in [0.29, 0.717) is 31.8 Å². The molecular weight excluding hydrogens is 366 g/mol. The molecule has 0 saturated heterocycles. The Hall–Kier alpha value is -3.08. The average Bonchev–Trinajstić information content (AvgIpc) is 3.08. The van der Waals surface area contributed by atoms with Crippen molar-refractivity contribution in [3.63, 3.8) is 0 Å². The van der Waals surface area contributed by atoms with Crippen LogP contribution in [0.3, 0.4) is 0 Å². The number of ether oxygens (including phenoxy) is 1. The van der Waals surface area contributed by atoms with E-state index >= 15 is 0 Å². The lowest BCUT2D eigenvalue weighted by molar-refractivity contribution is -0.142. The maximum absolute atomic E-state index is 11.2. The van der Waals surface area contributed by atoms with Gasteiger partial charge in [0, 0.05) is 12.0 Å². The van der Waals surface area contributed by atoms with E-state index < -0.39 is 5.97 Å². The summed E-state index contributed by atoms with van der Waals surface area (Å²) in [7, 11) is 0. The zero-order valence-electron chi connectivity index (χ0n) is 16.8.